The van der Waals surface area contributed by atoms with Gasteiger partial charge in [0.15, 0.2) is 0 Å². The second-order valence-corrected chi connectivity index (χ2v) is 8.53. The van der Waals surface area contributed by atoms with E-state index in [1.807, 2.05) is 18.2 Å². The molecule has 2 aliphatic heterocycles. The highest BCUT2D eigenvalue weighted by Gasteiger charge is 2.39. The molecule has 2 amide bonds. The number of nitrogens with zero attached hydrogens (tertiary/aromatic N) is 1. The fourth-order valence-electron chi connectivity index (χ4n) is 5.07. The molecule has 0 radical (unpaired) electrons. The molecule has 0 saturated carbocycles. The fraction of sp³-hybridized carbons (Fsp3) is 0.458. The van der Waals surface area contributed by atoms with Gasteiger partial charge in [-0.25, -0.2) is 4.79 Å². The van der Waals surface area contributed by atoms with E-state index in [0.717, 1.165) is 56.0 Å². The third-order valence-corrected chi connectivity index (χ3v) is 6.49. The van der Waals surface area contributed by atoms with E-state index in [9.17, 15) is 18.0 Å². The number of rotatable bonds is 5. The van der Waals surface area contributed by atoms with Crippen LogP contribution in [0, 0.1) is 0 Å². The van der Waals surface area contributed by atoms with E-state index in [1.165, 1.54) is 18.2 Å². The molecule has 2 atom stereocenters. The first-order chi connectivity index (χ1) is 15.3. The number of alkyl halides is 3. The first kappa shape index (κ1) is 22.5. The summed E-state index contributed by atoms with van der Waals surface area (Å²) in [6.07, 6.45) is 0.269. The number of fused-ring (bicyclic) bond motifs is 2. The SMILES string of the molecule is COc1ccccc1CN1[C@@H]2CCC[C@@H]1CC(NC(=O)Nc1ccccc1C(F)(F)F)C2. The molecule has 0 spiro atoms. The molecule has 0 aliphatic carbocycles. The van der Waals surface area contributed by atoms with E-state index in [4.69, 9.17) is 4.74 Å². The Bertz CT molecular complexity index is 936. The summed E-state index contributed by atoms with van der Waals surface area (Å²) in [5.74, 6) is 0.869. The minimum absolute atomic E-state index is 0.0720. The number of hydrogen-bond acceptors (Lipinski definition) is 3. The number of carbonyl (C=O) groups is 1. The van der Waals surface area contributed by atoms with E-state index in [2.05, 4.69) is 21.6 Å². The Kier molecular flexibility index (Phi) is 6.60. The second-order valence-electron chi connectivity index (χ2n) is 8.53. The molecule has 32 heavy (non-hydrogen) atoms. The molecular weight excluding hydrogens is 419 g/mol. The van der Waals surface area contributed by atoms with Crippen LogP contribution in [0.1, 0.15) is 43.2 Å². The summed E-state index contributed by atoms with van der Waals surface area (Å²) < 4.78 is 45.1. The highest BCUT2D eigenvalue weighted by molar-refractivity contribution is 5.90. The van der Waals surface area contributed by atoms with E-state index >= 15 is 0 Å². The molecule has 4 rings (SSSR count). The maximum Gasteiger partial charge on any atom is 0.418 e. The molecule has 0 aromatic heterocycles. The van der Waals surface area contributed by atoms with E-state index < -0.39 is 17.8 Å². The Hall–Kier alpha value is -2.74. The van der Waals surface area contributed by atoms with Crippen molar-refractivity contribution in [2.75, 3.05) is 12.4 Å². The van der Waals surface area contributed by atoms with E-state index in [1.54, 1.807) is 7.11 Å². The summed E-state index contributed by atoms with van der Waals surface area (Å²) in [6, 6.07) is 13.0. The van der Waals surface area contributed by atoms with Crippen molar-refractivity contribution in [3.63, 3.8) is 0 Å². The molecule has 172 valence electrons. The van der Waals surface area contributed by atoms with Crippen molar-refractivity contribution in [3.8, 4) is 5.75 Å². The lowest BCUT2D eigenvalue weighted by Crippen LogP contribution is -2.56. The van der Waals surface area contributed by atoms with Crippen LogP contribution in [0.3, 0.4) is 0 Å². The largest absolute Gasteiger partial charge is 0.496 e. The van der Waals surface area contributed by atoms with Crippen LogP contribution in [0.4, 0.5) is 23.7 Å². The molecule has 5 nitrogen and oxygen atoms in total. The fourth-order valence-corrected chi connectivity index (χ4v) is 5.07. The van der Waals surface area contributed by atoms with Crippen molar-refractivity contribution in [1.29, 1.82) is 0 Å². The van der Waals surface area contributed by atoms with Gasteiger partial charge in [0.2, 0.25) is 0 Å². The Morgan fingerprint density at radius 3 is 2.41 bits per heavy atom. The standard InChI is InChI=1S/C24H28F3N3O2/c1-32-22-12-5-2-7-16(22)15-30-18-8-6-9-19(30)14-17(13-18)28-23(31)29-21-11-4-3-10-20(21)24(25,26)27/h2-5,7,10-12,17-19H,6,8-9,13-15H2,1H3,(H2,28,29,31)/t18-,19-/m1/s1. The number of urea groups is 1. The van der Waals surface area contributed by atoms with Crippen molar-refractivity contribution in [1.82, 2.24) is 10.2 Å². The third kappa shape index (κ3) is 5.01. The lowest BCUT2D eigenvalue weighted by Gasteiger charge is -2.49. The zero-order valence-electron chi connectivity index (χ0n) is 18.0. The quantitative estimate of drug-likeness (QED) is 0.644. The van der Waals surface area contributed by atoms with Gasteiger partial charge in [0.1, 0.15) is 5.75 Å². The molecule has 2 saturated heterocycles. The molecule has 2 aromatic carbocycles. The number of hydrogen-bond donors (Lipinski definition) is 2. The molecule has 2 aromatic rings. The third-order valence-electron chi connectivity index (χ3n) is 6.49. The molecule has 2 N–H and O–H groups in total. The monoisotopic (exact) mass is 447 g/mol. The van der Waals surface area contributed by atoms with Crippen LogP contribution in [-0.2, 0) is 12.7 Å². The number of amides is 2. The summed E-state index contributed by atoms with van der Waals surface area (Å²) in [5, 5.41) is 5.31. The molecule has 2 aliphatic rings. The zero-order valence-corrected chi connectivity index (χ0v) is 18.0. The summed E-state index contributed by atoms with van der Waals surface area (Å²) in [5.41, 5.74) is 0.0600. The molecule has 2 fully saturated rings. The lowest BCUT2D eigenvalue weighted by atomic mass is 9.81. The van der Waals surface area contributed by atoms with Crippen LogP contribution in [0.2, 0.25) is 0 Å². The van der Waals surface area contributed by atoms with Crippen molar-refractivity contribution in [3.05, 3.63) is 59.7 Å². The van der Waals surface area contributed by atoms with Gasteiger partial charge in [-0.05, 0) is 43.9 Å². The maximum atomic E-state index is 13.2. The van der Waals surface area contributed by atoms with Gasteiger partial charge in [-0.15, -0.1) is 0 Å². The normalized spacial score (nSPS) is 23.4. The summed E-state index contributed by atoms with van der Waals surface area (Å²) in [4.78, 5) is 15.0. The van der Waals surface area contributed by atoms with Crippen molar-refractivity contribution in [2.45, 2.75) is 63.0 Å². The van der Waals surface area contributed by atoms with Crippen LogP contribution >= 0.6 is 0 Å². The van der Waals surface area contributed by atoms with Gasteiger partial charge in [0.05, 0.1) is 18.4 Å². The summed E-state index contributed by atoms with van der Waals surface area (Å²) in [7, 11) is 1.67. The van der Waals surface area contributed by atoms with Crippen molar-refractivity contribution in [2.24, 2.45) is 0 Å². The Morgan fingerprint density at radius 2 is 1.72 bits per heavy atom. The number of para-hydroxylation sites is 2. The van der Waals surface area contributed by atoms with Crippen molar-refractivity contribution < 1.29 is 22.7 Å². The Balaban J connectivity index is 1.40. The van der Waals surface area contributed by atoms with Crippen LogP contribution in [0.5, 0.6) is 5.75 Å². The van der Waals surface area contributed by atoms with Crippen LogP contribution in [-0.4, -0.2) is 36.2 Å². The van der Waals surface area contributed by atoms with Crippen LogP contribution in [0.15, 0.2) is 48.5 Å². The lowest BCUT2D eigenvalue weighted by molar-refractivity contribution is -0.136. The topological polar surface area (TPSA) is 53.6 Å². The first-order valence-electron chi connectivity index (χ1n) is 11.0. The van der Waals surface area contributed by atoms with Crippen LogP contribution in [0.25, 0.3) is 0 Å². The van der Waals surface area contributed by atoms with Crippen LogP contribution < -0.4 is 15.4 Å². The molecular formula is C24H28F3N3O2. The number of ether oxygens (including phenoxy) is 1. The van der Waals surface area contributed by atoms with Gasteiger partial charge in [-0.2, -0.15) is 13.2 Å². The zero-order chi connectivity index (χ0) is 22.7. The maximum absolute atomic E-state index is 13.2. The number of carbonyl (C=O) groups excluding carboxylic acids is 1. The van der Waals surface area contributed by atoms with Gasteiger partial charge in [-0.3, -0.25) is 4.90 Å². The number of halogens is 3. The second kappa shape index (κ2) is 9.40. The number of anilines is 1. The van der Waals surface area contributed by atoms with E-state index in [-0.39, 0.29) is 11.7 Å². The highest BCUT2D eigenvalue weighted by atomic mass is 19.4. The average Bonchev–Trinajstić information content (AvgIpc) is 2.74. The predicted molar refractivity (Wildman–Crippen MR) is 117 cm³/mol. The van der Waals surface area contributed by atoms with Gasteiger partial charge in [0, 0.05) is 30.2 Å². The van der Waals surface area contributed by atoms with E-state index in [0.29, 0.717) is 12.1 Å². The summed E-state index contributed by atoms with van der Waals surface area (Å²) in [6.45, 7) is 0.789. The van der Waals surface area contributed by atoms with Gasteiger partial charge >= 0.3 is 12.2 Å². The highest BCUT2D eigenvalue weighted by Crippen LogP contribution is 2.37. The van der Waals surface area contributed by atoms with Gasteiger partial charge < -0.3 is 15.4 Å². The predicted octanol–water partition coefficient (Wildman–Crippen LogP) is 5.42. The average molecular weight is 448 g/mol. The molecule has 8 heteroatoms. The van der Waals surface area contributed by atoms with Crippen molar-refractivity contribution >= 4 is 11.7 Å². The minimum Gasteiger partial charge on any atom is -0.496 e. The molecule has 2 heterocycles. The van der Waals surface area contributed by atoms with Gasteiger partial charge in [0.25, 0.3) is 0 Å². The first-order valence-corrected chi connectivity index (χ1v) is 11.0. The Morgan fingerprint density at radius 1 is 1.06 bits per heavy atom. The molecule has 2 bridgehead atoms. The number of piperidine rings is 2. The number of nitrogens with one attached hydrogen (secondary N) is 2. The smallest absolute Gasteiger partial charge is 0.418 e. The number of benzene rings is 2. The molecule has 0 unspecified atom stereocenters. The number of methoxy groups -OCH3 is 1. The minimum atomic E-state index is -4.52. The van der Waals surface area contributed by atoms with Gasteiger partial charge in [-0.1, -0.05) is 36.8 Å². The summed E-state index contributed by atoms with van der Waals surface area (Å²) >= 11 is 0. The Labute approximate surface area is 185 Å².